The minimum atomic E-state index is -1.80. The molecule has 4 nitrogen and oxygen atoms in total. The lowest BCUT2D eigenvalue weighted by molar-refractivity contribution is 0.0149. The SMILES string of the molecule is C=CC[C@H](CO[Si](C)(C)C(C)(C)C)[C@@H]1CCCN1C(=O)OC(C)(C)C. The second-order valence-electron chi connectivity index (χ2n) is 9.74. The van der Waals surface area contributed by atoms with Gasteiger partial charge in [-0.15, -0.1) is 6.58 Å². The van der Waals surface area contributed by atoms with Gasteiger partial charge in [0.2, 0.25) is 0 Å². The number of hydrogen-bond donors (Lipinski definition) is 0. The lowest BCUT2D eigenvalue weighted by Crippen LogP contribution is -2.47. The van der Waals surface area contributed by atoms with Crippen molar-refractivity contribution in [3.05, 3.63) is 12.7 Å². The van der Waals surface area contributed by atoms with Gasteiger partial charge in [-0.25, -0.2) is 4.79 Å². The molecule has 0 saturated carbocycles. The van der Waals surface area contributed by atoms with Crippen LogP contribution in [-0.2, 0) is 9.16 Å². The van der Waals surface area contributed by atoms with Crippen LogP contribution in [0.2, 0.25) is 18.1 Å². The molecule has 1 rings (SSSR count). The number of rotatable bonds is 6. The molecule has 146 valence electrons. The molecule has 0 N–H and O–H groups in total. The van der Waals surface area contributed by atoms with Gasteiger partial charge in [0.05, 0.1) is 0 Å². The van der Waals surface area contributed by atoms with Gasteiger partial charge in [0.15, 0.2) is 8.32 Å². The maximum absolute atomic E-state index is 12.6. The van der Waals surface area contributed by atoms with Gasteiger partial charge in [-0.3, -0.25) is 0 Å². The number of likely N-dealkylation sites (tertiary alicyclic amines) is 1. The largest absolute Gasteiger partial charge is 0.444 e. The summed E-state index contributed by atoms with van der Waals surface area (Å²) in [5.74, 6) is 0.279. The number of carbonyl (C=O) groups excluding carboxylic acids is 1. The van der Waals surface area contributed by atoms with Gasteiger partial charge < -0.3 is 14.1 Å². The molecule has 1 aliphatic rings. The Hall–Kier alpha value is -0.813. The molecule has 0 unspecified atom stereocenters. The third kappa shape index (κ3) is 6.44. The van der Waals surface area contributed by atoms with Crippen LogP contribution in [0.15, 0.2) is 12.7 Å². The first-order valence-electron chi connectivity index (χ1n) is 9.53. The maximum Gasteiger partial charge on any atom is 0.410 e. The van der Waals surface area contributed by atoms with Gasteiger partial charge in [0.1, 0.15) is 5.60 Å². The van der Waals surface area contributed by atoms with Crippen LogP contribution in [0.3, 0.4) is 0 Å². The monoisotopic (exact) mass is 369 g/mol. The zero-order valence-corrected chi connectivity index (χ0v) is 18.6. The lowest BCUT2D eigenvalue weighted by atomic mass is 9.95. The second kappa shape index (κ2) is 8.25. The van der Waals surface area contributed by atoms with Crippen molar-refractivity contribution in [3.8, 4) is 0 Å². The Labute approximate surface area is 156 Å². The Bertz CT molecular complexity index is 463. The standard InChI is InChI=1S/C20H39NO3Si/c1-10-12-16(15-23-25(8,9)20(5,6)7)17-13-11-14-21(17)18(22)24-19(2,3)4/h10,16-17H,1,11-15H2,2-9H3/t16-,17+/m1/s1. The van der Waals surface area contributed by atoms with Crippen molar-refractivity contribution in [3.63, 3.8) is 0 Å². The first-order chi connectivity index (χ1) is 11.3. The number of ether oxygens (including phenoxy) is 1. The van der Waals surface area contributed by atoms with Gasteiger partial charge in [-0.2, -0.15) is 0 Å². The van der Waals surface area contributed by atoms with Gasteiger partial charge in [-0.1, -0.05) is 26.8 Å². The summed E-state index contributed by atoms with van der Waals surface area (Å²) in [6.45, 7) is 22.4. The molecular weight excluding hydrogens is 330 g/mol. The highest BCUT2D eigenvalue weighted by molar-refractivity contribution is 6.74. The Balaban J connectivity index is 2.83. The Kier molecular flexibility index (Phi) is 7.34. The normalized spacial score (nSPS) is 20.5. The van der Waals surface area contributed by atoms with Crippen molar-refractivity contribution < 1.29 is 14.0 Å². The van der Waals surface area contributed by atoms with Crippen LogP contribution in [0.1, 0.15) is 60.8 Å². The summed E-state index contributed by atoms with van der Waals surface area (Å²) in [7, 11) is -1.80. The summed E-state index contributed by atoms with van der Waals surface area (Å²) in [4.78, 5) is 14.5. The highest BCUT2D eigenvalue weighted by Gasteiger charge is 2.40. The molecule has 0 aromatic heterocycles. The zero-order valence-electron chi connectivity index (χ0n) is 17.6. The third-order valence-corrected chi connectivity index (χ3v) is 9.91. The molecule has 0 aromatic carbocycles. The Morgan fingerprint density at radius 1 is 1.28 bits per heavy atom. The van der Waals surface area contributed by atoms with E-state index in [0.717, 1.165) is 25.8 Å². The molecule has 1 fully saturated rings. The number of allylic oxidation sites excluding steroid dienone is 1. The number of nitrogens with zero attached hydrogens (tertiary/aromatic N) is 1. The van der Waals surface area contributed by atoms with Crippen LogP contribution in [-0.4, -0.2) is 44.1 Å². The van der Waals surface area contributed by atoms with Crippen molar-refractivity contribution in [2.75, 3.05) is 13.2 Å². The van der Waals surface area contributed by atoms with Crippen LogP contribution in [0, 0.1) is 5.92 Å². The fourth-order valence-electron chi connectivity index (χ4n) is 2.91. The van der Waals surface area contributed by atoms with E-state index >= 15 is 0 Å². The summed E-state index contributed by atoms with van der Waals surface area (Å²) in [6, 6.07) is 0.178. The summed E-state index contributed by atoms with van der Waals surface area (Å²) in [6.07, 6.45) is 4.65. The number of carbonyl (C=O) groups is 1. The first-order valence-corrected chi connectivity index (χ1v) is 12.4. The molecular formula is C20H39NO3Si. The van der Waals surface area contributed by atoms with E-state index in [1.54, 1.807) is 0 Å². The molecule has 0 bridgehead atoms. The zero-order chi connectivity index (χ0) is 19.5. The molecule has 1 amide bonds. The van der Waals surface area contributed by atoms with Crippen molar-refractivity contribution in [2.24, 2.45) is 5.92 Å². The molecule has 0 aromatic rings. The predicted octanol–water partition coefficient (Wildman–Crippen LogP) is 5.60. The molecule has 25 heavy (non-hydrogen) atoms. The van der Waals surface area contributed by atoms with Crippen LogP contribution < -0.4 is 0 Å². The van der Waals surface area contributed by atoms with Crippen LogP contribution >= 0.6 is 0 Å². The summed E-state index contributed by atoms with van der Waals surface area (Å²) in [5.41, 5.74) is -0.463. The van der Waals surface area contributed by atoms with Gasteiger partial charge in [0.25, 0.3) is 0 Å². The molecule has 0 aliphatic carbocycles. The Morgan fingerprint density at radius 3 is 2.36 bits per heavy atom. The van der Waals surface area contributed by atoms with E-state index in [2.05, 4.69) is 40.4 Å². The molecule has 0 spiro atoms. The third-order valence-electron chi connectivity index (χ3n) is 5.41. The van der Waals surface area contributed by atoms with E-state index in [1.807, 2.05) is 31.7 Å². The van der Waals surface area contributed by atoms with Crippen molar-refractivity contribution in [1.82, 2.24) is 4.90 Å². The van der Waals surface area contributed by atoms with Gasteiger partial charge >= 0.3 is 6.09 Å². The average molecular weight is 370 g/mol. The molecule has 5 heteroatoms. The maximum atomic E-state index is 12.6. The van der Waals surface area contributed by atoms with Crippen molar-refractivity contribution in [1.29, 1.82) is 0 Å². The topological polar surface area (TPSA) is 38.8 Å². The summed E-state index contributed by atoms with van der Waals surface area (Å²) >= 11 is 0. The van der Waals surface area contributed by atoms with E-state index in [9.17, 15) is 4.79 Å². The highest BCUT2D eigenvalue weighted by Crippen LogP contribution is 2.38. The Morgan fingerprint density at radius 2 is 1.88 bits per heavy atom. The summed E-state index contributed by atoms with van der Waals surface area (Å²) < 4.78 is 12.1. The highest BCUT2D eigenvalue weighted by atomic mass is 28.4. The lowest BCUT2D eigenvalue weighted by Gasteiger charge is -2.39. The van der Waals surface area contributed by atoms with Crippen LogP contribution in [0.4, 0.5) is 4.79 Å². The van der Waals surface area contributed by atoms with Gasteiger partial charge in [0, 0.05) is 25.1 Å². The number of amides is 1. The fraction of sp³-hybridized carbons (Fsp3) is 0.850. The minimum Gasteiger partial charge on any atom is -0.444 e. The average Bonchev–Trinajstić information content (AvgIpc) is 2.89. The first kappa shape index (κ1) is 22.2. The molecule has 1 heterocycles. The number of hydrogen-bond acceptors (Lipinski definition) is 3. The van der Waals surface area contributed by atoms with E-state index < -0.39 is 13.9 Å². The fourth-order valence-corrected chi connectivity index (χ4v) is 3.98. The minimum absolute atomic E-state index is 0.178. The van der Waals surface area contributed by atoms with E-state index in [0.29, 0.717) is 6.61 Å². The van der Waals surface area contributed by atoms with E-state index in [1.165, 1.54) is 0 Å². The van der Waals surface area contributed by atoms with E-state index in [4.69, 9.17) is 9.16 Å². The predicted molar refractivity (Wildman–Crippen MR) is 107 cm³/mol. The van der Waals surface area contributed by atoms with Crippen LogP contribution in [0.25, 0.3) is 0 Å². The molecule has 1 aliphatic heterocycles. The smallest absolute Gasteiger partial charge is 0.410 e. The van der Waals surface area contributed by atoms with Crippen molar-refractivity contribution in [2.45, 2.75) is 90.6 Å². The molecule has 2 atom stereocenters. The molecule has 0 radical (unpaired) electrons. The van der Waals surface area contributed by atoms with E-state index in [-0.39, 0.29) is 23.1 Å². The van der Waals surface area contributed by atoms with Gasteiger partial charge in [-0.05, 0) is 58.2 Å². The quantitative estimate of drug-likeness (QED) is 0.452. The summed E-state index contributed by atoms with van der Waals surface area (Å²) in [5, 5.41) is 0.187. The van der Waals surface area contributed by atoms with Crippen molar-refractivity contribution >= 4 is 14.4 Å². The van der Waals surface area contributed by atoms with Crippen LogP contribution in [0.5, 0.6) is 0 Å². The molecule has 1 saturated heterocycles. The second-order valence-corrected chi connectivity index (χ2v) is 14.5.